The first-order valence-corrected chi connectivity index (χ1v) is 11.1. The van der Waals surface area contributed by atoms with Gasteiger partial charge < -0.3 is 19.3 Å². The fourth-order valence-electron chi connectivity index (χ4n) is 4.60. The van der Waals surface area contributed by atoms with Gasteiger partial charge in [-0.15, -0.1) is 0 Å². The molecule has 4 rings (SSSR count). The Morgan fingerprint density at radius 2 is 1.88 bits per heavy atom. The van der Waals surface area contributed by atoms with Crippen molar-refractivity contribution in [1.82, 2.24) is 9.88 Å². The van der Waals surface area contributed by atoms with Crippen molar-refractivity contribution in [2.45, 2.75) is 44.4 Å². The second-order valence-corrected chi connectivity index (χ2v) is 8.73. The molecule has 1 aromatic heterocycles. The first kappa shape index (κ1) is 22.6. The molecule has 0 N–H and O–H groups in total. The largest absolute Gasteiger partial charge is 0.497 e. The number of benzene rings is 1. The van der Waals surface area contributed by atoms with Crippen molar-refractivity contribution < 1.29 is 14.3 Å². The van der Waals surface area contributed by atoms with Crippen LogP contribution in [0.2, 0.25) is 0 Å². The number of hydrogen-bond donors (Lipinski definition) is 0. The van der Waals surface area contributed by atoms with E-state index in [9.17, 15) is 10.1 Å². The lowest BCUT2D eigenvalue weighted by Gasteiger charge is -2.45. The van der Waals surface area contributed by atoms with Gasteiger partial charge in [-0.1, -0.05) is 0 Å². The van der Waals surface area contributed by atoms with Gasteiger partial charge in [0, 0.05) is 36.9 Å². The topological polar surface area (TPSA) is 102 Å². The van der Waals surface area contributed by atoms with E-state index in [-0.39, 0.29) is 24.6 Å². The van der Waals surface area contributed by atoms with Gasteiger partial charge in [0.15, 0.2) is 0 Å². The van der Waals surface area contributed by atoms with Gasteiger partial charge >= 0.3 is 0 Å². The van der Waals surface area contributed by atoms with Crippen molar-refractivity contribution in [2.24, 2.45) is 0 Å². The number of nitrogens with zero attached hydrogens (tertiary/aromatic N) is 5. The van der Waals surface area contributed by atoms with Crippen LogP contribution in [-0.2, 0) is 15.1 Å². The van der Waals surface area contributed by atoms with Crippen molar-refractivity contribution in [3.63, 3.8) is 0 Å². The number of methoxy groups -OCH3 is 1. The highest BCUT2D eigenvalue weighted by atomic mass is 16.5. The number of amides is 1. The molecule has 1 amide bonds. The fourth-order valence-corrected chi connectivity index (χ4v) is 4.60. The van der Waals surface area contributed by atoms with Crippen molar-refractivity contribution in [3.8, 4) is 17.9 Å². The Balaban J connectivity index is 1.41. The number of carbonyl (C=O) groups is 1. The van der Waals surface area contributed by atoms with Gasteiger partial charge in [0.25, 0.3) is 0 Å². The minimum Gasteiger partial charge on any atom is -0.497 e. The van der Waals surface area contributed by atoms with Crippen LogP contribution in [0.15, 0.2) is 36.5 Å². The zero-order chi connectivity index (χ0) is 23.6. The van der Waals surface area contributed by atoms with E-state index >= 15 is 0 Å². The fraction of sp³-hybridized carbons (Fsp3) is 0.440. The Bertz CT molecular complexity index is 1100. The summed E-state index contributed by atoms with van der Waals surface area (Å²) in [6, 6.07) is 13.4. The van der Waals surface area contributed by atoms with Gasteiger partial charge in [-0.3, -0.25) is 4.79 Å². The van der Waals surface area contributed by atoms with Gasteiger partial charge in [0.05, 0.1) is 29.9 Å². The highest BCUT2D eigenvalue weighted by molar-refractivity contribution is 5.78. The predicted octanol–water partition coefficient (Wildman–Crippen LogP) is 2.97. The Hall–Kier alpha value is -3.62. The lowest BCUT2D eigenvalue weighted by atomic mass is 10.0. The monoisotopic (exact) mass is 445 g/mol. The SMILES string of the molecule is COc1ccc(C#N)c(C2(OCC(=O)N3CC(C)N(c4ccc(C#N)cn4)C(C)C3)CC2)c1. The molecule has 1 aliphatic heterocycles. The molecule has 8 nitrogen and oxygen atoms in total. The van der Waals surface area contributed by atoms with E-state index in [0.717, 1.165) is 24.2 Å². The van der Waals surface area contributed by atoms with Crippen LogP contribution in [-0.4, -0.2) is 54.7 Å². The quantitative estimate of drug-likeness (QED) is 0.673. The third kappa shape index (κ3) is 4.48. The van der Waals surface area contributed by atoms with Gasteiger partial charge in [-0.2, -0.15) is 10.5 Å². The van der Waals surface area contributed by atoms with E-state index in [0.29, 0.717) is 30.0 Å². The molecule has 2 aromatic rings. The minimum absolute atomic E-state index is 0.0311. The highest BCUT2D eigenvalue weighted by Crippen LogP contribution is 2.51. The summed E-state index contributed by atoms with van der Waals surface area (Å²) in [4.78, 5) is 21.5. The molecule has 0 spiro atoms. The van der Waals surface area contributed by atoms with Crippen LogP contribution >= 0.6 is 0 Å². The maximum Gasteiger partial charge on any atom is 0.248 e. The first-order valence-electron chi connectivity index (χ1n) is 11.1. The molecule has 1 aliphatic carbocycles. The molecule has 170 valence electrons. The van der Waals surface area contributed by atoms with Crippen LogP contribution in [0.5, 0.6) is 5.75 Å². The molecular weight excluding hydrogens is 418 g/mol. The molecule has 1 saturated heterocycles. The molecule has 2 heterocycles. The molecule has 33 heavy (non-hydrogen) atoms. The van der Waals surface area contributed by atoms with Crippen LogP contribution in [0.3, 0.4) is 0 Å². The zero-order valence-electron chi connectivity index (χ0n) is 19.1. The van der Waals surface area contributed by atoms with E-state index in [1.54, 1.807) is 31.5 Å². The van der Waals surface area contributed by atoms with Crippen LogP contribution in [0.25, 0.3) is 0 Å². The Kier molecular flexibility index (Phi) is 6.22. The summed E-state index contributed by atoms with van der Waals surface area (Å²) in [6.45, 7) is 5.22. The average molecular weight is 446 g/mol. The number of rotatable bonds is 6. The smallest absolute Gasteiger partial charge is 0.248 e. The number of anilines is 1. The predicted molar refractivity (Wildman–Crippen MR) is 122 cm³/mol. The van der Waals surface area contributed by atoms with E-state index in [1.807, 2.05) is 17.0 Å². The Morgan fingerprint density at radius 3 is 2.42 bits per heavy atom. The number of aromatic nitrogens is 1. The van der Waals surface area contributed by atoms with Gasteiger partial charge in [-0.05, 0) is 57.0 Å². The molecule has 0 bridgehead atoms. The van der Waals surface area contributed by atoms with Crippen LogP contribution in [0.1, 0.15) is 43.4 Å². The van der Waals surface area contributed by atoms with Crippen molar-refractivity contribution in [2.75, 3.05) is 31.7 Å². The third-order valence-electron chi connectivity index (χ3n) is 6.43. The number of ether oxygens (including phenoxy) is 2. The molecule has 2 unspecified atom stereocenters. The van der Waals surface area contributed by atoms with E-state index < -0.39 is 5.60 Å². The normalized spacial score (nSPS) is 21.1. The number of nitriles is 2. The molecule has 2 fully saturated rings. The first-order chi connectivity index (χ1) is 15.9. The lowest BCUT2D eigenvalue weighted by molar-refractivity contribution is -0.140. The van der Waals surface area contributed by atoms with Gasteiger partial charge in [-0.25, -0.2) is 4.98 Å². The van der Waals surface area contributed by atoms with Gasteiger partial charge in [0.1, 0.15) is 24.2 Å². The molecule has 2 aliphatic rings. The standard InChI is InChI=1S/C25H27N5O3/c1-17-14-29(15-18(2)30(17)23-7-4-19(11-26)13-28-23)24(31)16-33-25(8-9-25)22-10-21(32-3)6-5-20(22)12-27/h4-7,10,13,17-18H,8-9,14-16H2,1-3H3. The summed E-state index contributed by atoms with van der Waals surface area (Å²) in [5.74, 6) is 1.41. The summed E-state index contributed by atoms with van der Waals surface area (Å²) < 4.78 is 11.5. The second-order valence-electron chi connectivity index (χ2n) is 8.73. The van der Waals surface area contributed by atoms with Crippen molar-refractivity contribution in [1.29, 1.82) is 10.5 Å². The molecule has 0 radical (unpaired) electrons. The maximum absolute atomic E-state index is 13.0. The van der Waals surface area contributed by atoms with E-state index in [4.69, 9.17) is 14.7 Å². The zero-order valence-corrected chi connectivity index (χ0v) is 19.1. The molecular formula is C25H27N5O3. The summed E-state index contributed by atoms with van der Waals surface area (Å²) >= 11 is 0. The minimum atomic E-state index is -0.597. The Morgan fingerprint density at radius 1 is 1.15 bits per heavy atom. The van der Waals surface area contributed by atoms with Crippen molar-refractivity contribution in [3.05, 3.63) is 53.2 Å². The summed E-state index contributed by atoms with van der Waals surface area (Å²) in [5, 5.41) is 18.5. The van der Waals surface area contributed by atoms with Crippen LogP contribution in [0.4, 0.5) is 5.82 Å². The number of pyridine rings is 1. The maximum atomic E-state index is 13.0. The van der Waals surface area contributed by atoms with Crippen molar-refractivity contribution >= 4 is 11.7 Å². The highest BCUT2D eigenvalue weighted by Gasteiger charge is 2.48. The van der Waals surface area contributed by atoms with E-state index in [1.165, 1.54) is 0 Å². The number of piperazine rings is 1. The van der Waals surface area contributed by atoms with E-state index in [2.05, 4.69) is 35.9 Å². The summed E-state index contributed by atoms with van der Waals surface area (Å²) in [7, 11) is 1.59. The number of carbonyl (C=O) groups excluding carboxylic acids is 1. The molecule has 1 aromatic carbocycles. The second kappa shape index (κ2) is 9.09. The molecule has 1 saturated carbocycles. The number of hydrogen-bond acceptors (Lipinski definition) is 7. The summed E-state index contributed by atoms with van der Waals surface area (Å²) in [6.07, 6.45) is 3.11. The average Bonchev–Trinajstić information content (AvgIpc) is 3.63. The third-order valence-corrected chi connectivity index (χ3v) is 6.43. The molecule has 8 heteroatoms. The Labute approximate surface area is 193 Å². The summed E-state index contributed by atoms with van der Waals surface area (Å²) in [5.41, 5.74) is 1.26. The van der Waals surface area contributed by atoms with Crippen LogP contribution < -0.4 is 9.64 Å². The lowest BCUT2D eigenvalue weighted by Crippen LogP contribution is -2.59. The van der Waals surface area contributed by atoms with Crippen LogP contribution in [0, 0.1) is 22.7 Å². The molecule has 2 atom stereocenters. The van der Waals surface area contributed by atoms with Gasteiger partial charge in [0.2, 0.25) is 5.91 Å².